The zero-order valence-electron chi connectivity index (χ0n) is 11.3. The molecule has 2 aliphatic rings. The second kappa shape index (κ2) is 5.98. The van der Waals surface area contributed by atoms with Gasteiger partial charge in [-0.1, -0.05) is 13.0 Å². The van der Waals surface area contributed by atoms with E-state index in [1.54, 1.807) is 7.11 Å². The molecule has 0 amide bonds. The van der Waals surface area contributed by atoms with Crippen molar-refractivity contribution in [2.45, 2.75) is 38.1 Å². The number of hydrogen-bond acceptors (Lipinski definition) is 3. The first-order valence-electron chi connectivity index (χ1n) is 6.92. The molecule has 0 aromatic heterocycles. The van der Waals surface area contributed by atoms with E-state index in [9.17, 15) is 0 Å². The summed E-state index contributed by atoms with van der Waals surface area (Å²) in [6.45, 7) is 7.83. The molecule has 1 atom stereocenters. The molecule has 0 aromatic rings. The molecule has 3 nitrogen and oxygen atoms in total. The van der Waals surface area contributed by atoms with Crippen molar-refractivity contribution in [1.82, 2.24) is 10.2 Å². The number of nitrogens with one attached hydrogen (secondary N) is 1. The van der Waals surface area contributed by atoms with Gasteiger partial charge in [0.1, 0.15) is 0 Å². The summed E-state index contributed by atoms with van der Waals surface area (Å²) in [6.07, 6.45) is 7.46. The second-order valence-electron chi connectivity index (χ2n) is 5.44. The van der Waals surface area contributed by atoms with Crippen molar-refractivity contribution in [1.29, 1.82) is 0 Å². The lowest BCUT2D eigenvalue weighted by atomic mass is 9.92. The molecule has 2 rings (SSSR count). The third kappa shape index (κ3) is 3.30. The SMILES string of the molecule is CCC1(CN2CC=C(COC)CC2)CCCN1. The highest BCUT2D eigenvalue weighted by Crippen LogP contribution is 2.25. The number of methoxy groups -OCH3 is 1. The van der Waals surface area contributed by atoms with E-state index in [-0.39, 0.29) is 0 Å². The Labute approximate surface area is 105 Å². The van der Waals surface area contributed by atoms with E-state index in [0.29, 0.717) is 5.54 Å². The van der Waals surface area contributed by atoms with Crippen LogP contribution in [0.2, 0.25) is 0 Å². The van der Waals surface area contributed by atoms with Crippen LogP contribution in [0.1, 0.15) is 32.6 Å². The number of rotatable bonds is 5. The predicted octanol–water partition coefficient (Wildman–Crippen LogP) is 1.80. The van der Waals surface area contributed by atoms with E-state index in [0.717, 1.165) is 13.2 Å². The van der Waals surface area contributed by atoms with Crippen molar-refractivity contribution in [2.24, 2.45) is 0 Å². The van der Waals surface area contributed by atoms with Crippen molar-refractivity contribution >= 4 is 0 Å². The number of hydrogen-bond donors (Lipinski definition) is 1. The van der Waals surface area contributed by atoms with Gasteiger partial charge in [0.05, 0.1) is 6.61 Å². The van der Waals surface area contributed by atoms with Gasteiger partial charge in [0.25, 0.3) is 0 Å². The van der Waals surface area contributed by atoms with E-state index in [2.05, 4.69) is 23.2 Å². The molecular weight excluding hydrogens is 212 g/mol. The first-order chi connectivity index (χ1) is 8.28. The zero-order chi connectivity index (χ0) is 12.1. The van der Waals surface area contributed by atoms with Crippen molar-refractivity contribution in [2.75, 3.05) is 39.9 Å². The highest BCUT2D eigenvalue weighted by atomic mass is 16.5. The number of ether oxygens (including phenoxy) is 1. The molecule has 2 aliphatic heterocycles. The molecule has 0 aromatic carbocycles. The normalized spacial score (nSPS) is 30.6. The van der Waals surface area contributed by atoms with Crippen molar-refractivity contribution in [3.8, 4) is 0 Å². The third-order valence-corrected chi connectivity index (χ3v) is 4.25. The fourth-order valence-corrected chi connectivity index (χ4v) is 3.06. The minimum absolute atomic E-state index is 0.395. The molecule has 0 spiro atoms. The van der Waals surface area contributed by atoms with Crippen molar-refractivity contribution < 1.29 is 4.74 Å². The Balaban J connectivity index is 1.84. The Morgan fingerprint density at radius 3 is 2.94 bits per heavy atom. The van der Waals surface area contributed by atoms with Gasteiger partial charge in [-0.3, -0.25) is 4.90 Å². The average Bonchev–Trinajstić information content (AvgIpc) is 2.81. The minimum atomic E-state index is 0.395. The summed E-state index contributed by atoms with van der Waals surface area (Å²) in [6, 6.07) is 0. The van der Waals surface area contributed by atoms with Gasteiger partial charge in [0.15, 0.2) is 0 Å². The van der Waals surface area contributed by atoms with Crippen LogP contribution in [-0.4, -0.2) is 50.3 Å². The molecule has 1 N–H and O–H groups in total. The van der Waals surface area contributed by atoms with E-state index in [1.807, 2.05) is 0 Å². The highest BCUT2D eigenvalue weighted by Gasteiger charge is 2.33. The van der Waals surface area contributed by atoms with Gasteiger partial charge in [0, 0.05) is 32.3 Å². The smallest absolute Gasteiger partial charge is 0.0673 e. The summed E-state index contributed by atoms with van der Waals surface area (Å²) in [5.74, 6) is 0. The van der Waals surface area contributed by atoms with E-state index in [1.165, 1.54) is 50.9 Å². The molecule has 3 heteroatoms. The van der Waals surface area contributed by atoms with Crippen LogP contribution < -0.4 is 5.32 Å². The molecule has 0 saturated carbocycles. The lowest BCUT2D eigenvalue weighted by Crippen LogP contribution is -2.50. The first-order valence-corrected chi connectivity index (χ1v) is 6.92. The highest BCUT2D eigenvalue weighted by molar-refractivity contribution is 5.08. The van der Waals surface area contributed by atoms with Gasteiger partial charge in [0.2, 0.25) is 0 Å². The molecule has 0 aliphatic carbocycles. The van der Waals surface area contributed by atoms with Crippen LogP contribution in [-0.2, 0) is 4.74 Å². The summed E-state index contributed by atoms with van der Waals surface area (Å²) in [7, 11) is 1.78. The standard InChI is InChI=1S/C14H26N2O/c1-3-14(7-4-8-15-14)12-16-9-5-13(6-10-16)11-17-2/h5,15H,3-4,6-12H2,1-2H3. The van der Waals surface area contributed by atoms with Crippen molar-refractivity contribution in [3.63, 3.8) is 0 Å². The van der Waals surface area contributed by atoms with Gasteiger partial charge in [-0.25, -0.2) is 0 Å². The van der Waals surface area contributed by atoms with Crippen LogP contribution in [0.3, 0.4) is 0 Å². The fraction of sp³-hybridized carbons (Fsp3) is 0.857. The first kappa shape index (κ1) is 13.1. The summed E-state index contributed by atoms with van der Waals surface area (Å²) < 4.78 is 5.19. The Kier molecular flexibility index (Phi) is 4.60. The van der Waals surface area contributed by atoms with Gasteiger partial charge in [-0.15, -0.1) is 0 Å². The van der Waals surface area contributed by atoms with Crippen LogP contribution in [0, 0.1) is 0 Å². The molecule has 2 heterocycles. The predicted molar refractivity (Wildman–Crippen MR) is 71.3 cm³/mol. The van der Waals surface area contributed by atoms with Gasteiger partial charge < -0.3 is 10.1 Å². The lowest BCUT2D eigenvalue weighted by Gasteiger charge is -2.36. The quantitative estimate of drug-likeness (QED) is 0.739. The van der Waals surface area contributed by atoms with Crippen LogP contribution in [0.4, 0.5) is 0 Å². The summed E-state index contributed by atoms with van der Waals surface area (Å²) in [4.78, 5) is 2.58. The maximum absolute atomic E-state index is 5.19. The Morgan fingerprint density at radius 2 is 2.41 bits per heavy atom. The number of nitrogens with zero attached hydrogens (tertiary/aromatic N) is 1. The second-order valence-corrected chi connectivity index (χ2v) is 5.44. The maximum Gasteiger partial charge on any atom is 0.0673 e. The van der Waals surface area contributed by atoms with Gasteiger partial charge >= 0.3 is 0 Å². The molecule has 1 fully saturated rings. The molecule has 1 unspecified atom stereocenters. The topological polar surface area (TPSA) is 24.5 Å². The van der Waals surface area contributed by atoms with Crippen molar-refractivity contribution in [3.05, 3.63) is 11.6 Å². The molecule has 0 radical (unpaired) electrons. The van der Waals surface area contributed by atoms with Gasteiger partial charge in [-0.2, -0.15) is 0 Å². The van der Waals surface area contributed by atoms with Gasteiger partial charge in [-0.05, 0) is 37.8 Å². The summed E-state index contributed by atoms with van der Waals surface area (Å²) >= 11 is 0. The summed E-state index contributed by atoms with van der Waals surface area (Å²) in [5.41, 5.74) is 1.86. The van der Waals surface area contributed by atoms with Crippen LogP contribution >= 0.6 is 0 Å². The minimum Gasteiger partial charge on any atom is -0.380 e. The molecule has 17 heavy (non-hydrogen) atoms. The van der Waals surface area contributed by atoms with E-state index < -0.39 is 0 Å². The molecule has 98 valence electrons. The van der Waals surface area contributed by atoms with Crippen LogP contribution in [0.5, 0.6) is 0 Å². The zero-order valence-corrected chi connectivity index (χ0v) is 11.3. The lowest BCUT2D eigenvalue weighted by molar-refractivity contribution is 0.184. The van der Waals surface area contributed by atoms with Crippen LogP contribution in [0.15, 0.2) is 11.6 Å². The Hall–Kier alpha value is -0.380. The van der Waals surface area contributed by atoms with E-state index in [4.69, 9.17) is 4.74 Å². The average molecular weight is 238 g/mol. The Morgan fingerprint density at radius 1 is 1.53 bits per heavy atom. The molecular formula is C14H26N2O. The maximum atomic E-state index is 5.19. The van der Waals surface area contributed by atoms with Crippen LogP contribution in [0.25, 0.3) is 0 Å². The molecule has 0 bridgehead atoms. The largest absolute Gasteiger partial charge is 0.380 e. The monoisotopic (exact) mass is 238 g/mol. The summed E-state index contributed by atoms with van der Waals surface area (Å²) in [5, 5.41) is 3.72. The van der Waals surface area contributed by atoms with E-state index >= 15 is 0 Å². The fourth-order valence-electron chi connectivity index (χ4n) is 3.06. The Bertz CT molecular complexity index is 269. The molecule has 1 saturated heterocycles. The third-order valence-electron chi connectivity index (χ3n) is 4.25.